The topological polar surface area (TPSA) is 62.1 Å². The van der Waals surface area contributed by atoms with E-state index in [1.807, 2.05) is 36.4 Å². The number of nitrogens with zero attached hydrogens (tertiary/aromatic N) is 2. The minimum Gasteiger partial charge on any atom is -0.460 e. The first-order valence-electron chi connectivity index (χ1n) is 9.49. The second kappa shape index (κ2) is 7.22. The van der Waals surface area contributed by atoms with E-state index in [2.05, 4.69) is 30.7 Å². The molecule has 3 heterocycles. The minimum atomic E-state index is -0.169. The van der Waals surface area contributed by atoms with E-state index in [0.717, 1.165) is 47.1 Å². The number of furan rings is 1. The zero-order chi connectivity index (χ0) is 19.9. The fourth-order valence-electron chi connectivity index (χ4n) is 3.42. The van der Waals surface area contributed by atoms with Gasteiger partial charge in [-0.15, -0.1) is 0 Å². The maximum absolute atomic E-state index is 12.6. The molecule has 5 nitrogen and oxygen atoms in total. The molecule has 1 aromatic carbocycles. The highest BCUT2D eigenvalue weighted by Gasteiger charge is 2.25. The molecule has 0 saturated carbocycles. The van der Waals surface area contributed by atoms with E-state index in [4.69, 9.17) is 21.0 Å². The van der Waals surface area contributed by atoms with E-state index in [1.54, 1.807) is 0 Å². The van der Waals surface area contributed by atoms with Gasteiger partial charge in [-0.1, -0.05) is 32.4 Å². The second-order valence-corrected chi connectivity index (χ2v) is 8.76. The van der Waals surface area contributed by atoms with Crippen LogP contribution in [0.2, 0.25) is 5.02 Å². The van der Waals surface area contributed by atoms with Gasteiger partial charge in [-0.05, 0) is 36.4 Å². The fraction of sp³-hybridized carbons (Fsp3) is 0.364. The van der Waals surface area contributed by atoms with Gasteiger partial charge in [0.25, 0.3) is 5.56 Å². The van der Waals surface area contributed by atoms with Gasteiger partial charge in [-0.2, -0.15) is 0 Å². The summed E-state index contributed by atoms with van der Waals surface area (Å²) < 4.78 is 6.01. The van der Waals surface area contributed by atoms with E-state index in [0.29, 0.717) is 18.1 Å². The molecule has 6 heteroatoms. The van der Waals surface area contributed by atoms with Crippen LogP contribution in [0.1, 0.15) is 43.6 Å². The monoisotopic (exact) mass is 397 g/mol. The van der Waals surface area contributed by atoms with Gasteiger partial charge in [0.05, 0.1) is 17.8 Å². The van der Waals surface area contributed by atoms with Crippen LogP contribution >= 0.6 is 11.6 Å². The Morgan fingerprint density at radius 2 is 1.93 bits per heavy atom. The summed E-state index contributed by atoms with van der Waals surface area (Å²) in [6.07, 6.45) is 0.771. The van der Waals surface area contributed by atoms with E-state index in [9.17, 15) is 4.79 Å². The number of aromatic nitrogens is 2. The minimum absolute atomic E-state index is 0.0269. The van der Waals surface area contributed by atoms with Crippen LogP contribution in [0.3, 0.4) is 0 Å². The number of benzene rings is 1. The van der Waals surface area contributed by atoms with Crippen LogP contribution in [0.5, 0.6) is 0 Å². The number of hydrogen-bond acceptors (Lipinski definition) is 4. The van der Waals surface area contributed by atoms with Crippen molar-refractivity contribution < 1.29 is 4.42 Å². The van der Waals surface area contributed by atoms with Gasteiger partial charge < -0.3 is 9.40 Å². The van der Waals surface area contributed by atoms with E-state index < -0.39 is 0 Å². The molecule has 3 aromatic rings. The molecular formula is C22H24ClN3O2. The quantitative estimate of drug-likeness (QED) is 0.704. The van der Waals surface area contributed by atoms with Crippen LogP contribution in [0, 0.1) is 0 Å². The highest BCUT2D eigenvalue weighted by atomic mass is 35.5. The third kappa shape index (κ3) is 3.91. The molecule has 0 radical (unpaired) electrons. The largest absolute Gasteiger partial charge is 0.460 e. The van der Waals surface area contributed by atoms with Gasteiger partial charge in [0.1, 0.15) is 17.3 Å². The van der Waals surface area contributed by atoms with Gasteiger partial charge in [-0.25, -0.2) is 4.98 Å². The first-order valence-corrected chi connectivity index (χ1v) is 9.87. The number of nitrogens with one attached hydrogen (secondary N) is 1. The first kappa shape index (κ1) is 19.0. The van der Waals surface area contributed by atoms with Gasteiger partial charge in [-0.3, -0.25) is 9.69 Å². The summed E-state index contributed by atoms with van der Waals surface area (Å²) in [7, 11) is 0. The maximum Gasteiger partial charge on any atom is 0.255 e. The van der Waals surface area contributed by atoms with Crippen molar-refractivity contribution in [2.75, 3.05) is 6.54 Å². The Morgan fingerprint density at radius 3 is 2.64 bits per heavy atom. The van der Waals surface area contributed by atoms with E-state index in [-0.39, 0.29) is 11.0 Å². The first-order chi connectivity index (χ1) is 13.3. The molecule has 2 aromatic heterocycles. The van der Waals surface area contributed by atoms with Crippen LogP contribution in [-0.4, -0.2) is 21.4 Å². The number of fused-ring (bicyclic) bond motifs is 1. The standard InChI is InChI=1S/C22H24ClN3O2/c1-22(2,3)21-24-18-10-11-26(13-17(18)20(27)25-21)12-16-8-9-19(28-16)14-4-6-15(23)7-5-14/h4-9H,10-13H2,1-3H3,(H,24,25,27). The van der Waals surface area contributed by atoms with Crippen molar-refractivity contribution in [1.82, 2.24) is 14.9 Å². The molecule has 0 amide bonds. The molecule has 146 valence electrons. The van der Waals surface area contributed by atoms with Crippen LogP contribution in [0.4, 0.5) is 0 Å². The van der Waals surface area contributed by atoms with Crippen molar-refractivity contribution in [1.29, 1.82) is 0 Å². The van der Waals surface area contributed by atoms with Gasteiger partial charge in [0.15, 0.2) is 0 Å². The van der Waals surface area contributed by atoms with Crippen LogP contribution in [0.25, 0.3) is 11.3 Å². The number of hydrogen-bond donors (Lipinski definition) is 1. The van der Waals surface area contributed by atoms with Crippen molar-refractivity contribution >= 4 is 11.6 Å². The average Bonchev–Trinajstić information content (AvgIpc) is 3.10. The number of rotatable bonds is 3. The van der Waals surface area contributed by atoms with Gasteiger partial charge in [0, 0.05) is 35.5 Å². The molecule has 0 atom stereocenters. The summed E-state index contributed by atoms with van der Waals surface area (Å²) in [6, 6.07) is 11.6. The molecule has 4 rings (SSSR count). The molecule has 0 aliphatic carbocycles. The van der Waals surface area contributed by atoms with E-state index >= 15 is 0 Å². The molecular weight excluding hydrogens is 374 g/mol. The highest BCUT2D eigenvalue weighted by Crippen LogP contribution is 2.26. The molecule has 0 saturated heterocycles. The zero-order valence-electron chi connectivity index (χ0n) is 16.4. The Balaban J connectivity index is 1.50. The SMILES string of the molecule is CC(C)(C)c1nc2c(c(=O)[nH]1)CN(Cc1ccc(-c3ccc(Cl)cc3)o1)CC2. The number of H-pyrrole nitrogens is 1. The predicted molar refractivity (Wildman–Crippen MR) is 111 cm³/mol. The molecule has 1 aliphatic heterocycles. The molecule has 0 fully saturated rings. The van der Waals surface area contributed by atoms with Crippen molar-refractivity contribution in [3.63, 3.8) is 0 Å². The number of halogens is 1. The summed E-state index contributed by atoms with van der Waals surface area (Å²) in [5.41, 5.74) is 2.49. The lowest BCUT2D eigenvalue weighted by Gasteiger charge is -2.28. The summed E-state index contributed by atoms with van der Waals surface area (Å²) in [5.74, 6) is 2.45. The van der Waals surface area contributed by atoms with Crippen LogP contribution < -0.4 is 5.56 Å². The lowest BCUT2D eigenvalue weighted by molar-refractivity contribution is 0.222. The Labute approximate surface area is 169 Å². The van der Waals surface area contributed by atoms with Crippen molar-refractivity contribution in [3.05, 3.63) is 74.6 Å². The summed E-state index contributed by atoms with van der Waals surface area (Å²) in [4.78, 5) is 22.5. The second-order valence-electron chi connectivity index (χ2n) is 8.32. The third-order valence-corrected chi connectivity index (χ3v) is 5.28. The zero-order valence-corrected chi connectivity index (χ0v) is 17.1. The van der Waals surface area contributed by atoms with Crippen molar-refractivity contribution in [3.8, 4) is 11.3 Å². The number of aromatic amines is 1. The Bertz CT molecular complexity index is 1040. The fourth-order valence-corrected chi connectivity index (χ4v) is 3.55. The maximum atomic E-state index is 12.6. The molecule has 0 unspecified atom stereocenters. The third-order valence-electron chi connectivity index (χ3n) is 5.03. The lowest BCUT2D eigenvalue weighted by Crippen LogP contribution is -2.37. The summed E-state index contributed by atoms with van der Waals surface area (Å²) in [5, 5.41) is 0.705. The van der Waals surface area contributed by atoms with Crippen molar-refractivity contribution in [2.24, 2.45) is 0 Å². The average molecular weight is 398 g/mol. The predicted octanol–water partition coefficient (Wildman–Crippen LogP) is 4.54. The smallest absolute Gasteiger partial charge is 0.255 e. The molecule has 1 N–H and O–H groups in total. The van der Waals surface area contributed by atoms with Gasteiger partial charge in [0.2, 0.25) is 0 Å². The van der Waals surface area contributed by atoms with E-state index in [1.165, 1.54) is 0 Å². The molecule has 28 heavy (non-hydrogen) atoms. The normalized spacial score (nSPS) is 14.9. The van der Waals surface area contributed by atoms with Crippen molar-refractivity contribution in [2.45, 2.75) is 45.7 Å². The van der Waals surface area contributed by atoms with Crippen LogP contribution in [-0.2, 0) is 24.9 Å². The lowest BCUT2D eigenvalue weighted by atomic mass is 9.95. The summed E-state index contributed by atoms with van der Waals surface area (Å²) >= 11 is 5.95. The van der Waals surface area contributed by atoms with Gasteiger partial charge >= 0.3 is 0 Å². The van der Waals surface area contributed by atoms with Crippen LogP contribution in [0.15, 0.2) is 45.6 Å². The highest BCUT2D eigenvalue weighted by molar-refractivity contribution is 6.30. The molecule has 0 bridgehead atoms. The Kier molecular flexibility index (Phi) is 4.89. The summed E-state index contributed by atoms with van der Waals surface area (Å²) in [6.45, 7) is 8.27. The Morgan fingerprint density at radius 1 is 1.18 bits per heavy atom. The molecule has 0 spiro atoms. The molecule has 1 aliphatic rings. The Hall–Kier alpha value is -2.37.